The molecule has 0 aliphatic carbocycles. The molecule has 3 N–H and O–H groups in total. The first-order valence-corrected chi connectivity index (χ1v) is 10.4. The molecule has 2 aromatic rings. The van der Waals surface area contributed by atoms with Crippen molar-refractivity contribution in [1.82, 2.24) is 9.55 Å². The van der Waals surface area contributed by atoms with Gasteiger partial charge in [-0.2, -0.15) is 0 Å². The van der Waals surface area contributed by atoms with Gasteiger partial charge in [0.2, 0.25) is 0 Å². The number of halogens is 2. The number of rotatable bonds is 7. The van der Waals surface area contributed by atoms with Crippen molar-refractivity contribution in [2.75, 3.05) is 17.2 Å². The summed E-state index contributed by atoms with van der Waals surface area (Å²) < 4.78 is 15.9. The fourth-order valence-corrected chi connectivity index (χ4v) is 3.31. The van der Waals surface area contributed by atoms with Crippen molar-refractivity contribution < 1.29 is 9.18 Å². The van der Waals surface area contributed by atoms with Gasteiger partial charge < -0.3 is 10.6 Å². The maximum absolute atomic E-state index is 14.0. The molecule has 0 saturated carbocycles. The Morgan fingerprint density at radius 1 is 1.27 bits per heavy atom. The Morgan fingerprint density at radius 2 is 1.93 bits per heavy atom. The highest BCUT2D eigenvalue weighted by Gasteiger charge is 2.24. The number of amides is 1. The first-order valence-electron chi connectivity index (χ1n) is 9.58. The molecule has 0 unspecified atom stereocenters. The number of aromatic nitrogens is 2. The van der Waals surface area contributed by atoms with Gasteiger partial charge in [-0.3, -0.25) is 19.1 Å². The van der Waals surface area contributed by atoms with Crippen LogP contribution in [0.4, 0.5) is 15.9 Å². The second-order valence-electron chi connectivity index (χ2n) is 7.84. The first kappa shape index (κ1) is 23.6. The normalized spacial score (nSPS) is 11.6. The van der Waals surface area contributed by atoms with Crippen LogP contribution in [0.25, 0.3) is 6.08 Å². The van der Waals surface area contributed by atoms with Gasteiger partial charge in [0, 0.05) is 29.2 Å². The number of carbonyl (C=O) groups is 1. The average Bonchev–Trinajstić information content (AvgIpc) is 2.64. The largest absolute Gasteiger partial charge is 0.383 e. The van der Waals surface area contributed by atoms with E-state index in [1.165, 1.54) is 33.8 Å². The minimum absolute atomic E-state index is 0.00855. The number of aromatic amines is 1. The first-order chi connectivity index (χ1) is 14.0. The van der Waals surface area contributed by atoms with Crippen molar-refractivity contribution in [2.45, 2.75) is 34.2 Å². The summed E-state index contributed by atoms with van der Waals surface area (Å²) in [6, 6.07) is 4.37. The second-order valence-corrected chi connectivity index (χ2v) is 8.76. The summed E-state index contributed by atoms with van der Waals surface area (Å²) in [6.45, 7) is 8.06. The number of H-pyrrole nitrogens is 1. The lowest BCUT2D eigenvalue weighted by Gasteiger charge is -2.25. The smallest absolute Gasteiger partial charge is 0.330 e. The summed E-state index contributed by atoms with van der Waals surface area (Å²) in [6.07, 6.45) is 2.52. The number of nitrogens with two attached hydrogens (primary N) is 1. The van der Waals surface area contributed by atoms with Crippen LogP contribution < -0.4 is 21.9 Å². The Morgan fingerprint density at radius 3 is 2.53 bits per heavy atom. The minimum Gasteiger partial charge on any atom is -0.383 e. The molecular weight excluding hydrogens is 455 g/mol. The van der Waals surface area contributed by atoms with Gasteiger partial charge >= 0.3 is 5.69 Å². The van der Waals surface area contributed by atoms with Crippen LogP contribution in [0, 0.1) is 17.7 Å². The molecule has 1 heterocycles. The third kappa shape index (κ3) is 5.69. The zero-order valence-electron chi connectivity index (χ0n) is 17.4. The fourth-order valence-electron chi connectivity index (χ4n) is 2.93. The van der Waals surface area contributed by atoms with Gasteiger partial charge in [0.05, 0.1) is 0 Å². The van der Waals surface area contributed by atoms with E-state index in [-0.39, 0.29) is 42.0 Å². The van der Waals surface area contributed by atoms with E-state index < -0.39 is 23.0 Å². The second kappa shape index (κ2) is 9.88. The predicted octanol–water partition coefficient (Wildman–Crippen LogP) is 3.38. The highest BCUT2D eigenvalue weighted by atomic mass is 79.9. The van der Waals surface area contributed by atoms with Crippen LogP contribution in [0.1, 0.15) is 33.3 Å². The van der Waals surface area contributed by atoms with Crippen molar-refractivity contribution in [3.8, 4) is 0 Å². The van der Waals surface area contributed by atoms with Crippen LogP contribution in [-0.4, -0.2) is 22.0 Å². The lowest BCUT2D eigenvalue weighted by atomic mass is 10.1. The van der Waals surface area contributed by atoms with E-state index in [4.69, 9.17) is 5.73 Å². The van der Waals surface area contributed by atoms with Crippen molar-refractivity contribution >= 4 is 39.4 Å². The molecule has 1 aromatic heterocycles. The van der Waals surface area contributed by atoms with E-state index in [2.05, 4.69) is 20.9 Å². The van der Waals surface area contributed by atoms with Gasteiger partial charge in [-0.05, 0) is 36.1 Å². The highest BCUT2D eigenvalue weighted by Crippen LogP contribution is 2.21. The lowest BCUT2D eigenvalue weighted by molar-refractivity contribution is -0.114. The maximum Gasteiger partial charge on any atom is 0.330 e. The molecule has 7 nitrogen and oxygen atoms in total. The van der Waals surface area contributed by atoms with Crippen LogP contribution in [0.3, 0.4) is 0 Å². The molecule has 0 fully saturated rings. The van der Waals surface area contributed by atoms with E-state index >= 15 is 0 Å². The molecule has 0 aliphatic rings. The molecule has 0 radical (unpaired) electrons. The summed E-state index contributed by atoms with van der Waals surface area (Å²) in [7, 11) is 0. The van der Waals surface area contributed by atoms with Crippen LogP contribution >= 0.6 is 15.9 Å². The van der Waals surface area contributed by atoms with E-state index in [0.29, 0.717) is 4.47 Å². The van der Waals surface area contributed by atoms with Crippen molar-refractivity contribution in [1.29, 1.82) is 0 Å². The number of nitrogens with one attached hydrogen (secondary N) is 1. The molecular formula is C21H26BrFN4O3. The van der Waals surface area contributed by atoms with Crippen LogP contribution in [0.5, 0.6) is 0 Å². The van der Waals surface area contributed by atoms with E-state index in [1.807, 2.05) is 27.7 Å². The van der Waals surface area contributed by atoms with Crippen molar-refractivity contribution in [3.05, 3.63) is 61.0 Å². The number of nitrogens with zero attached hydrogens (tertiary/aromatic N) is 2. The summed E-state index contributed by atoms with van der Waals surface area (Å²) in [5, 5.41) is 0. The van der Waals surface area contributed by atoms with E-state index in [1.54, 1.807) is 6.07 Å². The number of nitrogen functional groups attached to an aromatic ring is 1. The Kier molecular flexibility index (Phi) is 7.77. The van der Waals surface area contributed by atoms with Crippen LogP contribution in [0.2, 0.25) is 0 Å². The molecule has 1 aromatic carbocycles. The van der Waals surface area contributed by atoms with Crippen molar-refractivity contribution in [2.24, 2.45) is 11.8 Å². The van der Waals surface area contributed by atoms with Gasteiger partial charge in [0.1, 0.15) is 11.6 Å². The van der Waals surface area contributed by atoms with Gasteiger partial charge in [0.15, 0.2) is 5.69 Å². The van der Waals surface area contributed by atoms with Crippen molar-refractivity contribution in [3.63, 3.8) is 0 Å². The SMILES string of the molecule is CC(C)CN(C(=O)/C=C/c1cc(Br)ccc1F)c1c(N)n(CC(C)C)c(=O)[nH]c1=O. The summed E-state index contributed by atoms with van der Waals surface area (Å²) in [5.41, 5.74) is 4.92. The molecule has 162 valence electrons. The summed E-state index contributed by atoms with van der Waals surface area (Å²) >= 11 is 3.26. The number of anilines is 2. The highest BCUT2D eigenvalue weighted by molar-refractivity contribution is 9.10. The van der Waals surface area contributed by atoms with E-state index in [0.717, 1.165) is 0 Å². The van der Waals surface area contributed by atoms with Gasteiger partial charge in [-0.1, -0.05) is 43.6 Å². The molecule has 1 amide bonds. The summed E-state index contributed by atoms with van der Waals surface area (Å²) in [4.78, 5) is 41.2. The van der Waals surface area contributed by atoms with E-state index in [9.17, 15) is 18.8 Å². The quantitative estimate of drug-likeness (QED) is 0.592. The molecule has 2 rings (SSSR count). The fraction of sp³-hybridized carbons (Fsp3) is 0.381. The maximum atomic E-state index is 14.0. The molecule has 0 atom stereocenters. The zero-order chi connectivity index (χ0) is 22.6. The minimum atomic E-state index is -0.742. The van der Waals surface area contributed by atoms with Crippen LogP contribution in [0.15, 0.2) is 38.3 Å². The monoisotopic (exact) mass is 480 g/mol. The third-order valence-electron chi connectivity index (χ3n) is 4.21. The number of carbonyl (C=O) groups excluding carboxylic acids is 1. The third-order valence-corrected chi connectivity index (χ3v) is 4.70. The number of hydrogen-bond donors (Lipinski definition) is 2. The standard InChI is InChI=1S/C21H26BrFN4O3/c1-12(2)10-26(17(28)8-5-14-9-15(22)6-7-16(14)23)18-19(24)27(11-13(3)4)21(30)25-20(18)29/h5-9,12-13H,10-11,24H2,1-4H3,(H,25,29,30)/b8-5+. The molecule has 9 heteroatoms. The molecule has 0 saturated heterocycles. The zero-order valence-corrected chi connectivity index (χ0v) is 19.0. The Bertz CT molecular complexity index is 1070. The summed E-state index contributed by atoms with van der Waals surface area (Å²) in [5.74, 6) is -1.00. The Hall–Kier alpha value is -2.68. The molecule has 0 spiro atoms. The Labute approximate surface area is 182 Å². The average molecular weight is 481 g/mol. The van der Waals surface area contributed by atoms with Crippen LogP contribution in [-0.2, 0) is 11.3 Å². The molecule has 30 heavy (non-hydrogen) atoms. The van der Waals surface area contributed by atoms with Gasteiger partial charge in [0.25, 0.3) is 11.5 Å². The lowest BCUT2D eigenvalue weighted by Crippen LogP contribution is -2.42. The molecule has 0 bridgehead atoms. The topological polar surface area (TPSA) is 101 Å². The number of hydrogen-bond acceptors (Lipinski definition) is 4. The van der Waals surface area contributed by atoms with Gasteiger partial charge in [-0.25, -0.2) is 9.18 Å². The number of benzene rings is 1. The van der Waals surface area contributed by atoms with Gasteiger partial charge in [-0.15, -0.1) is 0 Å². The Balaban J connectivity index is 2.53. The molecule has 0 aliphatic heterocycles. The predicted molar refractivity (Wildman–Crippen MR) is 121 cm³/mol.